The Morgan fingerprint density at radius 1 is 1.22 bits per heavy atom. The summed E-state index contributed by atoms with van der Waals surface area (Å²) in [6.07, 6.45) is 0. The van der Waals surface area contributed by atoms with Crippen molar-refractivity contribution >= 4 is 35.6 Å². The zero-order valence-corrected chi connectivity index (χ0v) is 16.2. The van der Waals surface area contributed by atoms with Crippen molar-refractivity contribution in [3.63, 3.8) is 0 Å². The molecule has 0 saturated carbocycles. The summed E-state index contributed by atoms with van der Waals surface area (Å²) in [5.41, 5.74) is 1.74. The molecule has 8 heteroatoms. The minimum absolute atomic E-state index is 0. The number of anilines is 1. The van der Waals surface area contributed by atoms with Crippen LogP contribution >= 0.6 is 24.0 Å². The number of hydrogen-bond acceptors (Lipinski definition) is 5. The zero-order chi connectivity index (χ0) is 17.9. The summed E-state index contributed by atoms with van der Waals surface area (Å²) in [5.74, 6) is 1.28. The number of fused-ring (bicyclic) bond motifs is 1. The third-order valence-electron chi connectivity index (χ3n) is 4.62. The van der Waals surface area contributed by atoms with Gasteiger partial charge in [-0.3, -0.25) is 9.69 Å². The molecule has 0 aliphatic carbocycles. The lowest BCUT2D eigenvalue weighted by Gasteiger charge is -2.36. The highest BCUT2D eigenvalue weighted by molar-refractivity contribution is 6.31. The average molecular weight is 410 g/mol. The van der Waals surface area contributed by atoms with Gasteiger partial charge in [-0.25, -0.2) is 0 Å². The Balaban J connectivity index is 0.00000210. The standard InChI is InChI=1S/C19H20ClN3O3.ClH/c20-15-4-2-1-3-14(15)16-10-21-7-8-23(16)11-19(24)22-13-5-6-17-18(9-13)26-12-25-17;/h1-6,9,16,21H,7-8,10-12H2,(H,22,24);1H. The van der Waals surface area contributed by atoms with E-state index in [0.29, 0.717) is 23.7 Å². The topological polar surface area (TPSA) is 62.8 Å². The minimum atomic E-state index is -0.0668. The largest absolute Gasteiger partial charge is 0.454 e. The number of amides is 1. The van der Waals surface area contributed by atoms with E-state index in [1.54, 1.807) is 12.1 Å². The number of benzene rings is 2. The molecule has 27 heavy (non-hydrogen) atoms. The first-order valence-electron chi connectivity index (χ1n) is 8.59. The van der Waals surface area contributed by atoms with Gasteiger partial charge in [-0.05, 0) is 23.8 Å². The molecular formula is C19H21Cl2N3O3. The molecule has 0 aromatic heterocycles. The summed E-state index contributed by atoms with van der Waals surface area (Å²) >= 11 is 6.36. The van der Waals surface area contributed by atoms with Crippen LogP contribution in [0.5, 0.6) is 11.5 Å². The lowest BCUT2D eigenvalue weighted by molar-refractivity contribution is -0.118. The van der Waals surface area contributed by atoms with E-state index in [0.717, 1.165) is 30.2 Å². The molecular weight excluding hydrogens is 389 g/mol. The van der Waals surface area contributed by atoms with Crippen molar-refractivity contribution in [3.05, 3.63) is 53.1 Å². The summed E-state index contributed by atoms with van der Waals surface area (Å²) in [4.78, 5) is 14.7. The smallest absolute Gasteiger partial charge is 0.238 e. The Kier molecular flexibility index (Phi) is 6.44. The zero-order valence-electron chi connectivity index (χ0n) is 14.6. The molecule has 2 N–H and O–H groups in total. The molecule has 4 rings (SSSR count). The molecule has 2 aromatic carbocycles. The van der Waals surface area contributed by atoms with Crippen LogP contribution in [-0.4, -0.2) is 43.8 Å². The second kappa shape index (κ2) is 8.80. The molecule has 1 atom stereocenters. The summed E-state index contributed by atoms with van der Waals surface area (Å²) in [6.45, 7) is 2.91. The van der Waals surface area contributed by atoms with Crippen molar-refractivity contribution in [1.29, 1.82) is 0 Å². The van der Waals surface area contributed by atoms with E-state index in [1.165, 1.54) is 0 Å². The molecule has 1 amide bonds. The van der Waals surface area contributed by atoms with Crippen molar-refractivity contribution in [2.75, 3.05) is 38.3 Å². The third kappa shape index (κ3) is 4.47. The van der Waals surface area contributed by atoms with E-state index in [4.69, 9.17) is 21.1 Å². The second-order valence-corrected chi connectivity index (χ2v) is 6.74. The van der Waals surface area contributed by atoms with E-state index in [-0.39, 0.29) is 31.1 Å². The number of ether oxygens (including phenoxy) is 2. The van der Waals surface area contributed by atoms with Crippen LogP contribution in [0.3, 0.4) is 0 Å². The Labute approximate surface area is 169 Å². The predicted octanol–water partition coefficient (Wildman–Crippen LogP) is 3.08. The lowest BCUT2D eigenvalue weighted by Crippen LogP contribution is -2.48. The number of halogens is 2. The number of rotatable bonds is 4. The number of hydrogen-bond donors (Lipinski definition) is 2. The molecule has 0 radical (unpaired) electrons. The van der Waals surface area contributed by atoms with Gasteiger partial charge in [0.05, 0.1) is 6.54 Å². The highest BCUT2D eigenvalue weighted by Crippen LogP contribution is 2.34. The van der Waals surface area contributed by atoms with E-state index in [9.17, 15) is 4.79 Å². The molecule has 144 valence electrons. The van der Waals surface area contributed by atoms with Gasteiger partial charge in [0, 0.05) is 42.5 Å². The Morgan fingerprint density at radius 2 is 2.04 bits per heavy atom. The predicted molar refractivity (Wildman–Crippen MR) is 107 cm³/mol. The molecule has 1 saturated heterocycles. The molecule has 2 aromatic rings. The number of carbonyl (C=O) groups is 1. The van der Waals surface area contributed by atoms with E-state index in [1.807, 2.05) is 30.3 Å². The maximum atomic E-state index is 12.6. The molecule has 1 fully saturated rings. The van der Waals surface area contributed by atoms with Gasteiger partial charge in [0.1, 0.15) is 0 Å². The van der Waals surface area contributed by atoms with Crippen LogP contribution < -0.4 is 20.1 Å². The molecule has 1 unspecified atom stereocenters. The summed E-state index contributed by atoms with van der Waals surface area (Å²) in [7, 11) is 0. The third-order valence-corrected chi connectivity index (χ3v) is 4.97. The molecule has 2 heterocycles. The van der Waals surface area contributed by atoms with Crippen LogP contribution in [0.1, 0.15) is 11.6 Å². The second-order valence-electron chi connectivity index (χ2n) is 6.33. The Bertz CT molecular complexity index is 819. The highest BCUT2D eigenvalue weighted by atomic mass is 35.5. The van der Waals surface area contributed by atoms with Gasteiger partial charge in [0.25, 0.3) is 0 Å². The van der Waals surface area contributed by atoms with Crippen LogP contribution in [0.2, 0.25) is 5.02 Å². The van der Waals surface area contributed by atoms with Crippen molar-refractivity contribution < 1.29 is 14.3 Å². The van der Waals surface area contributed by atoms with Crippen molar-refractivity contribution in [1.82, 2.24) is 10.2 Å². The lowest BCUT2D eigenvalue weighted by atomic mass is 10.0. The molecule has 2 aliphatic rings. The number of piperazine rings is 1. The van der Waals surface area contributed by atoms with E-state index in [2.05, 4.69) is 15.5 Å². The summed E-state index contributed by atoms with van der Waals surface area (Å²) in [5, 5.41) is 7.04. The minimum Gasteiger partial charge on any atom is -0.454 e. The molecule has 0 bridgehead atoms. The van der Waals surface area contributed by atoms with Gasteiger partial charge >= 0.3 is 0 Å². The van der Waals surface area contributed by atoms with Crippen LogP contribution in [0.4, 0.5) is 5.69 Å². The molecule has 2 aliphatic heterocycles. The van der Waals surface area contributed by atoms with Crippen LogP contribution in [0.25, 0.3) is 0 Å². The van der Waals surface area contributed by atoms with E-state index < -0.39 is 0 Å². The van der Waals surface area contributed by atoms with Gasteiger partial charge < -0.3 is 20.1 Å². The maximum Gasteiger partial charge on any atom is 0.238 e. The average Bonchev–Trinajstić information content (AvgIpc) is 3.10. The quantitative estimate of drug-likeness (QED) is 0.812. The fraction of sp³-hybridized carbons (Fsp3) is 0.316. The van der Waals surface area contributed by atoms with Gasteiger partial charge in [-0.1, -0.05) is 29.8 Å². The van der Waals surface area contributed by atoms with Crippen molar-refractivity contribution in [3.8, 4) is 11.5 Å². The molecule has 0 spiro atoms. The van der Waals surface area contributed by atoms with Gasteiger partial charge in [0.2, 0.25) is 12.7 Å². The van der Waals surface area contributed by atoms with E-state index >= 15 is 0 Å². The van der Waals surface area contributed by atoms with Crippen molar-refractivity contribution in [2.24, 2.45) is 0 Å². The summed E-state index contributed by atoms with van der Waals surface area (Å²) < 4.78 is 10.6. The van der Waals surface area contributed by atoms with Crippen LogP contribution in [-0.2, 0) is 4.79 Å². The highest BCUT2D eigenvalue weighted by Gasteiger charge is 2.27. The monoisotopic (exact) mass is 409 g/mol. The fourth-order valence-corrected chi connectivity index (χ4v) is 3.61. The van der Waals surface area contributed by atoms with Crippen molar-refractivity contribution in [2.45, 2.75) is 6.04 Å². The first kappa shape index (κ1) is 19.8. The number of carbonyl (C=O) groups excluding carboxylic acids is 1. The van der Waals surface area contributed by atoms with Crippen LogP contribution in [0, 0.1) is 0 Å². The summed E-state index contributed by atoms with van der Waals surface area (Å²) in [6, 6.07) is 13.3. The normalized spacial score (nSPS) is 18.6. The van der Waals surface area contributed by atoms with Gasteiger partial charge in [-0.15, -0.1) is 12.4 Å². The SMILES string of the molecule is Cl.O=C(CN1CCNCC1c1ccccc1Cl)Nc1ccc2c(c1)OCO2. The number of nitrogens with zero attached hydrogens (tertiary/aromatic N) is 1. The first-order chi connectivity index (χ1) is 12.7. The van der Waals surface area contributed by atoms with Crippen LogP contribution in [0.15, 0.2) is 42.5 Å². The maximum absolute atomic E-state index is 12.6. The molecule has 6 nitrogen and oxygen atoms in total. The Hall–Kier alpha value is -1.99. The Morgan fingerprint density at radius 3 is 2.89 bits per heavy atom. The number of nitrogens with one attached hydrogen (secondary N) is 2. The first-order valence-corrected chi connectivity index (χ1v) is 8.97. The van der Waals surface area contributed by atoms with Gasteiger partial charge in [-0.2, -0.15) is 0 Å². The fourth-order valence-electron chi connectivity index (χ4n) is 3.35. The van der Waals surface area contributed by atoms with Gasteiger partial charge in [0.15, 0.2) is 11.5 Å².